The monoisotopic (exact) mass is 531 g/mol. The van der Waals surface area contributed by atoms with E-state index < -0.39 is 23.6 Å². The number of imidazole rings is 1. The summed E-state index contributed by atoms with van der Waals surface area (Å²) in [5.74, 6) is -2.47. The fraction of sp³-hybridized carbons (Fsp3) is 0.625. The van der Waals surface area contributed by atoms with E-state index in [-0.39, 0.29) is 65.2 Å². The highest BCUT2D eigenvalue weighted by molar-refractivity contribution is 5.91. The molecule has 1 aliphatic heterocycles. The Hall–Kier alpha value is -3.81. The minimum absolute atomic E-state index is 0.0281. The van der Waals surface area contributed by atoms with E-state index in [1.165, 1.54) is 17.8 Å². The first-order chi connectivity index (χ1) is 17.8. The molecule has 14 heteroatoms. The minimum atomic E-state index is -1.63. The number of hydrogen-bond donors (Lipinski definition) is 5. The topological polar surface area (TPSA) is 200 Å². The number of hydrogen-bond acceptors (Lipinski definition) is 8. The number of nitrogens with one attached hydrogen (secondary N) is 3. The number of fused-ring (bicyclic) bond motifs is 1. The van der Waals surface area contributed by atoms with Gasteiger partial charge in [0.15, 0.2) is 11.2 Å². The molecule has 1 spiro atoms. The molecule has 2 unspecified atom stereocenters. The quantitative estimate of drug-likeness (QED) is 0.291. The minimum Gasteiger partial charge on any atom is -0.481 e. The first-order valence-electron chi connectivity index (χ1n) is 12.6. The molecule has 2 aromatic heterocycles. The molecule has 0 radical (unpaired) electrons. The van der Waals surface area contributed by atoms with Crippen LogP contribution in [-0.4, -0.2) is 83.1 Å². The van der Waals surface area contributed by atoms with Crippen molar-refractivity contribution in [3.05, 3.63) is 16.7 Å². The van der Waals surface area contributed by atoms with Gasteiger partial charge in [-0.25, -0.2) is 4.98 Å². The number of aromatic amines is 1. The molecule has 0 bridgehead atoms. The zero-order valence-corrected chi connectivity index (χ0v) is 21.6. The van der Waals surface area contributed by atoms with Crippen LogP contribution in [0.2, 0.25) is 0 Å². The van der Waals surface area contributed by atoms with Crippen LogP contribution in [0.1, 0.15) is 52.9 Å². The van der Waals surface area contributed by atoms with E-state index in [0.29, 0.717) is 13.1 Å². The highest BCUT2D eigenvalue weighted by Crippen LogP contribution is 2.46. The van der Waals surface area contributed by atoms with Crippen LogP contribution in [0, 0.1) is 11.3 Å². The molecule has 5 N–H and O–H groups in total. The highest BCUT2D eigenvalue weighted by atomic mass is 16.4. The van der Waals surface area contributed by atoms with Gasteiger partial charge in [-0.15, -0.1) is 0 Å². The SMILES string of the molecule is CC(C)C(=O)Nc1nc2c(ncn2CC(=O)NC2CCCC23CN(C(=O)CC(C)(O)CC(=O)O)C3)c(=O)[nH]1. The third-order valence-corrected chi connectivity index (χ3v) is 7.22. The van der Waals surface area contributed by atoms with Crippen molar-refractivity contribution in [3.63, 3.8) is 0 Å². The Morgan fingerprint density at radius 1 is 1.26 bits per heavy atom. The molecule has 206 valence electrons. The van der Waals surface area contributed by atoms with Crippen molar-refractivity contribution in [1.82, 2.24) is 29.7 Å². The van der Waals surface area contributed by atoms with Crippen molar-refractivity contribution in [2.24, 2.45) is 11.3 Å². The van der Waals surface area contributed by atoms with E-state index in [1.54, 1.807) is 18.7 Å². The molecule has 1 saturated carbocycles. The van der Waals surface area contributed by atoms with Gasteiger partial charge in [0.25, 0.3) is 5.56 Å². The normalized spacial score (nSPS) is 19.8. The molecule has 14 nitrogen and oxygen atoms in total. The second-order valence-electron chi connectivity index (χ2n) is 11.0. The number of amides is 3. The zero-order chi connectivity index (χ0) is 27.8. The summed E-state index contributed by atoms with van der Waals surface area (Å²) in [7, 11) is 0. The smallest absolute Gasteiger partial charge is 0.306 e. The summed E-state index contributed by atoms with van der Waals surface area (Å²) < 4.78 is 1.44. The summed E-state index contributed by atoms with van der Waals surface area (Å²) >= 11 is 0. The summed E-state index contributed by atoms with van der Waals surface area (Å²) in [6.07, 6.45) is 3.00. The molecule has 0 aromatic carbocycles. The zero-order valence-electron chi connectivity index (χ0n) is 21.6. The standard InChI is InChI=1S/C24H33N7O7/c1-13(2)20(36)28-22-27-19-18(21(37)29-22)25-12-30(19)9-15(32)26-14-5-4-6-24(14)10-31(11-24)16(33)7-23(3,38)8-17(34)35/h12-14,38H,4-11H2,1-3H3,(H,26,32)(H,34,35)(H2,27,28,29,36,37). The third kappa shape index (κ3) is 5.69. The Kier molecular flexibility index (Phi) is 7.28. The lowest BCUT2D eigenvalue weighted by molar-refractivity contribution is -0.152. The fourth-order valence-corrected chi connectivity index (χ4v) is 5.24. The number of aromatic nitrogens is 4. The summed E-state index contributed by atoms with van der Waals surface area (Å²) in [5, 5.41) is 24.7. The molecule has 38 heavy (non-hydrogen) atoms. The van der Waals surface area contributed by atoms with Crippen LogP contribution >= 0.6 is 0 Å². The predicted octanol–water partition coefficient (Wildman–Crippen LogP) is -0.173. The molecule has 2 aliphatic rings. The number of carboxylic acid groups (broad SMARTS) is 1. The molecule has 3 heterocycles. The van der Waals surface area contributed by atoms with E-state index >= 15 is 0 Å². The van der Waals surface area contributed by atoms with Gasteiger partial charge in [0.2, 0.25) is 23.7 Å². The molecule has 2 atom stereocenters. The number of carbonyl (C=O) groups excluding carboxylic acids is 3. The van der Waals surface area contributed by atoms with E-state index in [1.807, 2.05) is 0 Å². The van der Waals surface area contributed by atoms with Gasteiger partial charge in [-0.3, -0.25) is 34.3 Å². The Bertz CT molecular complexity index is 1320. The van der Waals surface area contributed by atoms with Crippen molar-refractivity contribution in [3.8, 4) is 0 Å². The van der Waals surface area contributed by atoms with Crippen molar-refractivity contribution < 1.29 is 29.4 Å². The van der Waals surface area contributed by atoms with Crippen LogP contribution in [0.3, 0.4) is 0 Å². The molecular weight excluding hydrogens is 498 g/mol. The predicted molar refractivity (Wildman–Crippen MR) is 134 cm³/mol. The average Bonchev–Trinajstić information content (AvgIpc) is 3.36. The second-order valence-corrected chi connectivity index (χ2v) is 11.0. The maximum atomic E-state index is 13.0. The van der Waals surface area contributed by atoms with Crippen molar-refractivity contribution in [2.75, 3.05) is 18.4 Å². The molecular formula is C24H33N7O7. The van der Waals surface area contributed by atoms with Crippen LogP contribution in [-0.2, 0) is 25.7 Å². The molecule has 4 rings (SSSR count). The van der Waals surface area contributed by atoms with Crippen molar-refractivity contribution >= 4 is 40.8 Å². The van der Waals surface area contributed by atoms with Gasteiger partial charge in [-0.05, 0) is 19.8 Å². The first-order valence-corrected chi connectivity index (χ1v) is 12.6. The van der Waals surface area contributed by atoms with Crippen molar-refractivity contribution in [1.29, 1.82) is 0 Å². The third-order valence-electron chi connectivity index (χ3n) is 7.22. The lowest BCUT2D eigenvalue weighted by Crippen LogP contribution is -2.65. The molecule has 1 saturated heterocycles. The lowest BCUT2D eigenvalue weighted by atomic mass is 9.74. The summed E-state index contributed by atoms with van der Waals surface area (Å²) in [4.78, 5) is 73.3. The fourth-order valence-electron chi connectivity index (χ4n) is 5.24. The van der Waals surface area contributed by atoms with Crippen LogP contribution in [0.25, 0.3) is 11.2 Å². The van der Waals surface area contributed by atoms with E-state index in [9.17, 15) is 29.1 Å². The summed E-state index contributed by atoms with van der Waals surface area (Å²) in [6.45, 7) is 5.44. The lowest BCUT2D eigenvalue weighted by Gasteiger charge is -2.52. The number of likely N-dealkylation sites (tertiary alicyclic amines) is 1. The number of nitrogens with zero attached hydrogens (tertiary/aromatic N) is 4. The Morgan fingerprint density at radius 3 is 2.63 bits per heavy atom. The largest absolute Gasteiger partial charge is 0.481 e. The summed E-state index contributed by atoms with van der Waals surface area (Å²) in [5.41, 5.74) is -2.23. The molecule has 3 amide bonds. The van der Waals surface area contributed by atoms with Gasteiger partial charge in [-0.2, -0.15) is 4.98 Å². The van der Waals surface area contributed by atoms with Crippen LogP contribution < -0.4 is 16.2 Å². The Morgan fingerprint density at radius 2 is 1.97 bits per heavy atom. The van der Waals surface area contributed by atoms with Gasteiger partial charge >= 0.3 is 5.97 Å². The van der Waals surface area contributed by atoms with E-state index in [2.05, 4.69) is 25.6 Å². The number of carboxylic acids is 1. The maximum Gasteiger partial charge on any atom is 0.306 e. The average molecular weight is 532 g/mol. The number of H-pyrrole nitrogens is 1. The van der Waals surface area contributed by atoms with Crippen LogP contribution in [0.4, 0.5) is 5.95 Å². The van der Waals surface area contributed by atoms with Gasteiger partial charge in [-0.1, -0.05) is 20.3 Å². The number of aliphatic hydroxyl groups is 1. The van der Waals surface area contributed by atoms with E-state index in [4.69, 9.17) is 5.11 Å². The summed E-state index contributed by atoms with van der Waals surface area (Å²) in [6, 6.07) is -0.161. The van der Waals surface area contributed by atoms with Gasteiger partial charge in [0.05, 0.1) is 24.8 Å². The second kappa shape index (κ2) is 10.2. The Labute approximate surface area is 217 Å². The van der Waals surface area contributed by atoms with Crippen LogP contribution in [0.5, 0.6) is 0 Å². The number of aliphatic carboxylic acids is 1. The Balaban J connectivity index is 1.39. The van der Waals surface area contributed by atoms with Gasteiger partial charge in [0, 0.05) is 30.5 Å². The number of rotatable bonds is 9. The molecule has 1 aliphatic carbocycles. The van der Waals surface area contributed by atoms with Gasteiger partial charge < -0.3 is 25.0 Å². The molecule has 2 fully saturated rings. The number of carbonyl (C=O) groups is 4. The van der Waals surface area contributed by atoms with Crippen LogP contribution in [0.15, 0.2) is 11.1 Å². The van der Waals surface area contributed by atoms with E-state index in [0.717, 1.165) is 19.3 Å². The van der Waals surface area contributed by atoms with Gasteiger partial charge in [0.1, 0.15) is 6.54 Å². The van der Waals surface area contributed by atoms with Crippen molar-refractivity contribution in [2.45, 2.75) is 71.1 Å². The first kappa shape index (κ1) is 27.2. The number of anilines is 1. The highest BCUT2D eigenvalue weighted by Gasteiger charge is 2.53. The maximum absolute atomic E-state index is 13.0. The molecule has 2 aromatic rings.